The van der Waals surface area contributed by atoms with Crippen molar-refractivity contribution in [3.63, 3.8) is 0 Å². The van der Waals surface area contributed by atoms with Crippen LogP contribution < -0.4 is 4.74 Å². The van der Waals surface area contributed by atoms with Gasteiger partial charge in [0.25, 0.3) is 0 Å². The Morgan fingerprint density at radius 2 is 1.65 bits per heavy atom. The zero-order valence-corrected chi connectivity index (χ0v) is 22.5. The highest BCUT2D eigenvalue weighted by atomic mass is 35.5. The molecule has 0 aliphatic rings. The molecule has 0 aliphatic heterocycles. The first-order valence-corrected chi connectivity index (χ1v) is 13.4. The lowest BCUT2D eigenvalue weighted by atomic mass is 10.1. The van der Waals surface area contributed by atoms with E-state index in [1.807, 2.05) is 54.8 Å². The van der Waals surface area contributed by atoms with Crippen molar-refractivity contribution in [2.45, 2.75) is 11.8 Å². The number of rotatable bonds is 7. The molecule has 0 aliphatic carbocycles. The molecule has 10 heteroatoms. The fourth-order valence-corrected chi connectivity index (χ4v) is 4.82. The summed E-state index contributed by atoms with van der Waals surface area (Å²) in [4.78, 5) is 13.6. The largest absolute Gasteiger partial charge is 0.489 e. The summed E-state index contributed by atoms with van der Waals surface area (Å²) in [5, 5.41) is 13.3. The molecule has 0 amide bonds. The molecule has 5 rings (SSSR count). The van der Waals surface area contributed by atoms with Gasteiger partial charge in [0.15, 0.2) is 11.0 Å². The van der Waals surface area contributed by atoms with Crippen molar-refractivity contribution in [2.24, 2.45) is 0 Å². The maximum absolute atomic E-state index is 11.4. The average molecular weight is 570 g/mol. The zero-order valence-electron chi connectivity index (χ0n) is 19.4. The topological polar surface area (TPSA) is 73.1 Å². The Hall–Kier alpha value is -3.23. The molecule has 37 heavy (non-hydrogen) atoms. The molecule has 6 nitrogen and oxygen atoms in total. The second-order valence-electron chi connectivity index (χ2n) is 7.91. The predicted octanol–water partition coefficient (Wildman–Crippen LogP) is 8.17. The standard InChI is InChI=1S/C27H19Cl3N4O2S/c1-37-27-31-13-12-22(32-27)25-24(33-26(34(25)35)23-20(29)6-3-7-21(23)30)17-4-2-5-19(14-17)36-15-16-8-10-18(28)11-9-16/h2-14,35H,15H2,1H3. The molecule has 3 aromatic carbocycles. The van der Waals surface area contributed by atoms with Crippen molar-refractivity contribution in [3.8, 4) is 39.8 Å². The number of imidazole rings is 1. The highest BCUT2D eigenvalue weighted by Gasteiger charge is 2.25. The normalized spacial score (nSPS) is 11.0. The van der Waals surface area contributed by atoms with E-state index in [1.54, 1.807) is 30.5 Å². The van der Waals surface area contributed by atoms with Crippen LogP contribution >= 0.6 is 46.6 Å². The second kappa shape index (κ2) is 11.0. The highest BCUT2D eigenvalue weighted by molar-refractivity contribution is 7.98. The van der Waals surface area contributed by atoms with E-state index in [0.29, 0.717) is 60.8 Å². The lowest BCUT2D eigenvalue weighted by Gasteiger charge is -2.09. The van der Waals surface area contributed by atoms with Gasteiger partial charge in [-0.15, -0.1) is 0 Å². The lowest BCUT2D eigenvalue weighted by Crippen LogP contribution is -2.00. The number of nitrogens with zero attached hydrogens (tertiary/aromatic N) is 4. The fourth-order valence-electron chi connectivity index (χ4n) is 3.77. The third-order valence-electron chi connectivity index (χ3n) is 5.53. The minimum Gasteiger partial charge on any atom is -0.489 e. The van der Waals surface area contributed by atoms with Crippen LogP contribution in [0.25, 0.3) is 34.0 Å². The van der Waals surface area contributed by atoms with Crippen LogP contribution in [-0.2, 0) is 6.61 Å². The summed E-state index contributed by atoms with van der Waals surface area (Å²) in [7, 11) is 0. The molecule has 186 valence electrons. The Kier molecular flexibility index (Phi) is 7.58. The van der Waals surface area contributed by atoms with Crippen LogP contribution in [0, 0.1) is 0 Å². The summed E-state index contributed by atoms with van der Waals surface area (Å²) in [6, 6.07) is 21.8. The van der Waals surface area contributed by atoms with Gasteiger partial charge >= 0.3 is 0 Å². The van der Waals surface area contributed by atoms with Gasteiger partial charge in [-0.1, -0.05) is 76.9 Å². The Balaban J connectivity index is 1.61. The van der Waals surface area contributed by atoms with Crippen molar-refractivity contribution in [1.82, 2.24) is 19.7 Å². The van der Waals surface area contributed by atoms with Crippen LogP contribution in [0.15, 0.2) is 84.1 Å². The van der Waals surface area contributed by atoms with Gasteiger partial charge in [0.05, 0.1) is 21.3 Å². The minimum atomic E-state index is 0.192. The van der Waals surface area contributed by atoms with Crippen molar-refractivity contribution in [2.75, 3.05) is 6.26 Å². The molecule has 0 spiro atoms. The summed E-state index contributed by atoms with van der Waals surface area (Å²) >= 11 is 20.3. The Labute approximate surface area is 232 Å². The summed E-state index contributed by atoms with van der Waals surface area (Å²) in [5.41, 5.74) is 3.46. The Morgan fingerprint density at radius 1 is 0.919 bits per heavy atom. The van der Waals surface area contributed by atoms with Gasteiger partial charge in [0.2, 0.25) is 0 Å². The Bertz CT molecular complexity index is 1550. The third-order valence-corrected chi connectivity index (χ3v) is 6.97. The number of benzene rings is 3. The van der Waals surface area contributed by atoms with E-state index in [2.05, 4.69) is 9.97 Å². The molecule has 0 fully saturated rings. The molecule has 2 heterocycles. The van der Waals surface area contributed by atoms with Crippen molar-refractivity contribution >= 4 is 46.6 Å². The number of hydrogen-bond acceptors (Lipinski definition) is 6. The van der Waals surface area contributed by atoms with Crippen molar-refractivity contribution < 1.29 is 9.94 Å². The van der Waals surface area contributed by atoms with E-state index < -0.39 is 0 Å². The molecule has 2 aromatic heterocycles. The van der Waals surface area contributed by atoms with Crippen molar-refractivity contribution in [1.29, 1.82) is 0 Å². The SMILES string of the molecule is CSc1nccc(-c2c(-c3cccc(OCc4ccc(Cl)cc4)c3)nc(-c3c(Cl)cccc3Cl)n2O)n1. The van der Waals surface area contributed by atoms with Gasteiger partial charge in [0.1, 0.15) is 23.7 Å². The number of halogens is 3. The van der Waals surface area contributed by atoms with Gasteiger partial charge in [-0.3, -0.25) is 0 Å². The Morgan fingerprint density at radius 3 is 2.38 bits per heavy atom. The summed E-state index contributed by atoms with van der Waals surface area (Å²) in [6.07, 6.45) is 3.52. The zero-order chi connectivity index (χ0) is 25.9. The fraction of sp³-hybridized carbons (Fsp3) is 0.0741. The average Bonchev–Trinajstić information content (AvgIpc) is 3.25. The predicted molar refractivity (Wildman–Crippen MR) is 149 cm³/mol. The molecule has 0 saturated heterocycles. The van der Waals surface area contributed by atoms with Crippen LogP contribution in [0.3, 0.4) is 0 Å². The first kappa shape index (κ1) is 25.4. The maximum atomic E-state index is 11.4. The third kappa shape index (κ3) is 5.40. The van der Waals surface area contributed by atoms with E-state index >= 15 is 0 Å². The van der Waals surface area contributed by atoms with E-state index in [4.69, 9.17) is 44.5 Å². The van der Waals surface area contributed by atoms with Crippen LogP contribution in [0.4, 0.5) is 0 Å². The molecular formula is C27H19Cl3N4O2S. The molecule has 0 unspecified atom stereocenters. The monoisotopic (exact) mass is 568 g/mol. The number of hydrogen-bond donors (Lipinski definition) is 1. The van der Waals surface area contributed by atoms with Crippen LogP contribution in [0.1, 0.15) is 5.56 Å². The summed E-state index contributed by atoms with van der Waals surface area (Å²) < 4.78 is 6.99. The lowest BCUT2D eigenvalue weighted by molar-refractivity contribution is 0.195. The van der Waals surface area contributed by atoms with Crippen LogP contribution in [0.2, 0.25) is 15.1 Å². The number of aromatic nitrogens is 4. The van der Waals surface area contributed by atoms with E-state index in [-0.39, 0.29) is 5.82 Å². The smallest absolute Gasteiger partial charge is 0.187 e. The van der Waals surface area contributed by atoms with Crippen LogP contribution in [-0.4, -0.2) is 31.1 Å². The molecule has 0 bridgehead atoms. The van der Waals surface area contributed by atoms with Gasteiger partial charge in [-0.2, -0.15) is 4.73 Å². The summed E-state index contributed by atoms with van der Waals surface area (Å²) in [5.74, 6) is 0.827. The molecule has 0 atom stereocenters. The first-order valence-electron chi connectivity index (χ1n) is 11.1. The maximum Gasteiger partial charge on any atom is 0.187 e. The second-order valence-corrected chi connectivity index (χ2v) is 9.94. The van der Waals surface area contributed by atoms with Crippen molar-refractivity contribution in [3.05, 3.63) is 99.6 Å². The number of thioether (sulfide) groups is 1. The molecule has 0 saturated carbocycles. The van der Waals surface area contributed by atoms with Crippen LogP contribution in [0.5, 0.6) is 5.75 Å². The molecule has 5 aromatic rings. The van der Waals surface area contributed by atoms with Gasteiger partial charge < -0.3 is 9.94 Å². The highest BCUT2D eigenvalue weighted by Crippen LogP contribution is 2.40. The molecule has 1 N–H and O–H groups in total. The van der Waals surface area contributed by atoms with Gasteiger partial charge in [0, 0.05) is 16.8 Å². The van der Waals surface area contributed by atoms with Gasteiger partial charge in [-0.25, -0.2) is 15.0 Å². The quantitative estimate of drug-likeness (QED) is 0.121. The molecular weight excluding hydrogens is 551 g/mol. The minimum absolute atomic E-state index is 0.192. The molecule has 0 radical (unpaired) electrons. The first-order chi connectivity index (χ1) is 17.9. The van der Waals surface area contributed by atoms with E-state index in [1.165, 1.54) is 11.8 Å². The summed E-state index contributed by atoms with van der Waals surface area (Å²) in [6.45, 7) is 0.366. The van der Waals surface area contributed by atoms with Gasteiger partial charge in [-0.05, 0) is 54.3 Å². The van der Waals surface area contributed by atoms with E-state index in [9.17, 15) is 5.21 Å². The van der Waals surface area contributed by atoms with E-state index in [0.717, 1.165) is 10.3 Å². The number of ether oxygens (including phenoxy) is 1.